The van der Waals surface area contributed by atoms with E-state index in [1.165, 1.54) is 12.0 Å². The van der Waals surface area contributed by atoms with E-state index in [-0.39, 0.29) is 0 Å². The van der Waals surface area contributed by atoms with Crippen molar-refractivity contribution in [3.63, 3.8) is 0 Å². The summed E-state index contributed by atoms with van der Waals surface area (Å²) in [5, 5.41) is 0. The molecule has 0 aromatic heterocycles. The van der Waals surface area contributed by atoms with Gasteiger partial charge in [0.1, 0.15) is 0 Å². The summed E-state index contributed by atoms with van der Waals surface area (Å²) in [5.74, 6) is 0. The third-order valence-corrected chi connectivity index (χ3v) is 2.29. The molecule has 0 aliphatic heterocycles. The highest BCUT2D eigenvalue weighted by atomic mass is 79.9. The first kappa shape index (κ1) is 10.7. The van der Waals surface area contributed by atoms with E-state index in [9.17, 15) is 0 Å². The number of unbranched alkanes of at least 4 members (excludes halogenated alkanes) is 1. The molecule has 0 aliphatic rings. The van der Waals surface area contributed by atoms with Gasteiger partial charge in [-0.2, -0.15) is 0 Å². The molecule has 0 atom stereocenters. The topological polar surface area (TPSA) is 9.23 Å². The van der Waals surface area contributed by atoms with Crippen LogP contribution in [0.25, 0.3) is 0 Å². The molecule has 0 unspecified atom stereocenters. The van der Waals surface area contributed by atoms with Crippen LogP contribution >= 0.6 is 15.9 Å². The second-order valence-electron chi connectivity index (χ2n) is 3.04. The fourth-order valence-corrected chi connectivity index (χ4v) is 1.51. The van der Waals surface area contributed by atoms with Crippen molar-refractivity contribution >= 4 is 15.9 Å². The van der Waals surface area contributed by atoms with Crippen molar-refractivity contribution in [2.75, 3.05) is 6.61 Å². The van der Waals surface area contributed by atoms with Gasteiger partial charge in [-0.1, -0.05) is 41.4 Å². The van der Waals surface area contributed by atoms with Gasteiger partial charge in [-0.15, -0.1) is 0 Å². The van der Waals surface area contributed by atoms with E-state index in [1.54, 1.807) is 0 Å². The summed E-state index contributed by atoms with van der Waals surface area (Å²) in [6.07, 6.45) is 2.34. The quantitative estimate of drug-likeness (QED) is 0.715. The predicted octanol–water partition coefficient (Wildman–Crippen LogP) is 3.77. The summed E-state index contributed by atoms with van der Waals surface area (Å²) in [5.41, 5.74) is 1.23. The smallest absolute Gasteiger partial charge is 0.0717 e. The molecule has 1 aromatic rings. The van der Waals surface area contributed by atoms with Crippen LogP contribution in [-0.4, -0.2) is 6.61 Å². The first-order valence-corrected chi connectivity index (χ1v) is 5.44. The molecule has 0 saturated heterocycles. The summed E-state index contributed by atoms with van der Waals surface area (Å²) in [4.78, 5) is 0. The number of rotatable bonds is 5. The Kier molecular flexibility index (Phi) is 5.09. The highest BCUT2D eigenvalue weighted by Crippen LogP contribution is 2.12. The highest BCUT2D eigenvalue weighted by molar-refractivity contribution is 9.10. The Balaban J connectivity index is 2.28. The zero-order valence-electron chi connectivity index (χ0n) is 7.92. The van der Waals surface area contributed by atoms with E-state index >= 15 is 0 Å². The van der Waals surface area contributed by atoms with Gasteiger partial charge in [0.15, 0.2) is 0 Å². The van der Waals surface area contributed by atoms with Crippen molar-refractivity contribution in [3.8, 4) is 0 Å². The van der Waals surface area contributed by atoms with Crippen LogP contribution in [0.3, 0.4) is 0 Å². The molecule has 0 spiro atoms. The number of hydrogen-bond acceptors (Lipinski definition) is 1. The molecule has 0 saturated carbocycles. The Morgan fingerprint density at radius 3 is 2.92 bits per heavy atom. The van der Waals surface area contributed by atoms with E-state index in [1.807, 2.05) is 12.1 Å². The van der Waals surface area contributed by atoms with Crippen LogP contribution in [0, 0.1) is 0 Å². The molecule has 0 N–H and O–H groups in total. The minimum absolute atomic E-state index is 0.722. The second kappa shape index (κ2) is 6.17. The van der Waals surface area contributed by atoms with Crippen molar-refractivity contribution < 1.29 is 4.74 Å². The predicted molar refractivity (Wildman–Crippen MR) is 58.7 cm³/mol. The fourth-order valence-electron chi connectivity index (χ4n) is 1.06. The third kappa shape index (κ3) is 4.44. The number of ether oxygens (including phenoxy) is 1. The van der Waals surface area contributed by atoms with Gasteiger partial charge in [-0.05, 0) is 24.1 Å². The van der Waals surface area contributed by atoms with Crippen molar-refractivity contribution in [1.29, 1.82) is 0 Å². The van der Waals surface area contributed by atoms with E-state index < -0.39 is 0 Å². The molecule has 1 aromatic carbocycles. The van der Waals surface area contributed by atoms with E-state index in [4.69, 9.17) is 4.74 Å². The van der Waals surface area contributed by atoms with Gasteiger partial charge in [0.05, 0.1) is 6.61 Å². The SMILES string of the molecule is CCCCOCc1cccc(Br)c1. The lowest BCUT2D eigenvalue weighted by molar-refractivity contribution is 0.118. The first-order chi connectivity index (χ1) is 6.33. The summed E-state index contributed by atoms with van der Waals surface area (Å²) in [6.45, 7) is 3.75. The van der Waals surface area contributed by atoms with Gasteiger partial charge >= 0.3 is 0 Å². The van der Waals surface area contributed by atoms with Crippen molar-refractivity contribution in [2.45, 2.75) is 26.4 Å². The Hall–Kier alpha value is -0.340. The molecule has 1 rings (SSSR count). The first-order valence-electron chi connectivity index (χ1n) is 4.65. The van der Waals surface area contributed by atoms with E-state index in [0.29, 0.717) is 0 Å². The Morgan fingerprint density at radius 2 is 2.23 bits per heavy atom. The standard InChI is InChI=1S/C11H15BrO/c1-2-3-7-13-9-10-5-4-6-11(12)8-10/h4-6,8H,2-3,7,9H2,1H3. The molecule has 0 aliphatic carbocycles. The molecule has 0 radical (unpaired) electrons. The lowest BCUT2D eigenvalue weighted by Gasteiger charge is -2.03. The normalized spacial score (nSPS) is 10.3. The lowest BCUT2D eigenvalue weighted by Crippen LogP contribution is -1.94. The second-order valence-corrected chi connectivity index (χ2v) is 3.95. The fraction of sp³-hybridized carbons (Fsp3) is 0.455. The molecule has 1 nitrogen and oxygen atoms in total. The zero-order valence-corrected chi connectivity index (χ0v) is 9.51. The zero-order chi connectivity index (χ0) is 9.52. The van der Waals surface area contributed by atoms with Gasteiger partial charge in [-0.25, -0.2) is 0 Å². The number of benzene rings is 1. The maximum absolute atomic E-state index is 5.49. The minimum atomic E-state index is 0.722. The van der Waals surface area contributed by atoms with Crippen LogP contribution in [0.2, 0.25) is 0 Å². The van der Waals surface area contributed by atoms with Crippen molar-refractivity contribution in [1.82, 2.24) is 0 Å². The maximum atomic E-state index is 5.49. The summed E-state index contributed by atoms with van der Waals surface area (Å²) in [6, 6.07) is 8.22. The maximum Gasteiger partial charge on any atom is 0.0717 e. The van der Waals surface area contributed by atoms with Crippen LogP contribution in [0.1, 0.15) is 25.3 Å². The number of hydrogen-bond donors (Lipinski definition) is 0. The van der Waals surface area contributed by atoms with Crippen LogP contribution in [-0.2, 0) is 11.3 Å². The van der Waals surface area contributed by atoms with Gasteiger partial charge in [0.25, 0.3) is 0 Å². The third-order valence-electron chi connectivity index (χ3n) is 1.80. The Morgan fingerprint density at radius 1 is 1.38 bits per heavy atom. The van der Waals surface area contributed by atoms with Crippen LogP contribution in [0.4, 0.5) is 0 Å². The number of halogens is 1. The molecule has 2 heteroatoms. The van der Waals surface area contributed by atoms with Gasteiger partial charge < -0.3 is 4.74 Å². The monoisotopic (exact) mass is 242 g/mol. The van der Waals surface area contributed by atoms with Gasteiger partial charge in [-0.3, -0.25) is 0 Å². The van der Waals surface area contributed by atoms with E-state index in [2.05, 4.69) is 35.0 Å². The van der Waals surface area contributed by atoms with Gasteiger partial charge in [0, 0.05) is 11.1 Å². The van der Waals surface area contributed by atoms with Crippen LogP contribution < -0.4 is 0 Å². The van der Waals surface area contributed by atoms with Gasteiger partial charge in [0.2, 0.25) is 0 Å². The van der Waals surface area contributed by atoms with Crippen LogP contribution in [0.15, 0.2) is 28.7 Å². The lowest BCUT2D eigenvalue weighted by atomic mass is 10.2. The Labute approximate surface area is 88.2 Å². The molecular weight excluding hydrogens is 228 g/mol. The molecular formula is C11H15BrO. The molecule has 0 bridgehead atoms. The van der Waals surface area contributed by atoms with Crippen LogP contribution in [0.5, 0.6) is 0 Å². The summed E-state index contributed by atoms with van der Waals surface area (Å²) >= 11 is 3.43. The summed E-state index contributed by atoms with van der Waals surface area (Å²) in [7, 11) is 0. The minimum Gasteiger partial charge on any atom is -0.377 e. The average molecular weight is 243 g/mol. The van der Waals surface area contributed by atoms with E-state index in [0.717, 1.165) is 24.1 Å². The molecule has 0 heterocycles. The molecule has 13 heavy (non-hydrogen) atoms. The van der Waals surface area contributed by atoms with Crippen molar-refractivity contribution in [3.05, 3.63) is 34.3 Å². The molecule has 0 amide bonds. The Bertz CT molecular complexity index is 248. The average Bonchev–Trinajstić information content (AvgIpc) is 2.13. The largest absolute Gasteiger partial charge is 0.377 e. The summed E-state index contributed by atoms with van der Waals surface area (Å²) < 4.78 is 6.61. The van der Waals surface area contributed by atoms with Crippen molar-refractivity contribution in [2.24, 2.45) is 0 Å². The molecule has 0 fully saturated rings. The highest BCUT2D eigenvalue weighted by Gasteiger charge is 1.93. The molecule has 72 valence electrons.